The third-order valence-electron chi connectivity index (χ3n) is 4.59. The van der Waals surface area contributed by atoms with Gasteiger partial charge < -0.3 is 9.15 Å². The molecule has 0 aliphatic rings. The molecule has 0 saturated carbocycles. The molecule has 0 aliphatic heterocycles. The molecule has 0 N–H and O–H groups in total. The number of hydrogen-bond acceptors (Lipinski definition) is 5. The molecule has 0 amide bonds. The minimum Gasteiger partial charge on any atom is -0.477 e. The van der Waals surface area contributed by atoms with Crippen molar-refractivity contribution in [2.24, 2.45) is 5.41 Å². The van der Waals surface area contributed by atoms with Crippen LogP contribution in [0.2, 0.25) is 0 Å². The molecule has 0 aliphatic carbocycles. The number of ether oxygens (including phenoxy) is 1. The van der Waals surface area contributed by atoms with E-state index in [1.165, 1.54) is 0 Å². The van der Waals surface area contributed by atoms with Gasteiger partial charge in [0.25, 0.3) is 0 Å². The van der Waals surface area contributed by atoms with Gasteiger partial charge in [-0.25, -0.2) is 9.50 Å². The Hall–Kier alpha value is -3.15. The smallest absolute Gasteiger partial charge is 0.231 e. The maximum Gasteiger partial charge on any atom is 0.231 e. The highest BCUT2D eigenvalue weighted by atomic mass is 16.5. The number of aromatic nitrogens is 3. The van der Waals surface area contributed by atoms with E-state index in [0.29, 0.717) is 43.2 Å². The summed E-state index contributed by atoms with van der Waals surface area (Å²) in [7, 11) is 0. The lowest BCUT2D eigenvalue weighted by Gasteiger charge is -2.16. The molecule has 150 valence electrons. The summed E-state index contributed by atoms with van der Waals surface area (Å²) in [6.45, 7) is 6.67. The summed E-state index contributed by atoms with van der Waals surface area (Å²) >= 11 is 0. The molecule has 0 atom stereocenters. The van der Waals surface area contributed by atoms with Crippen LogP contribution in [0, 0.1) is 5.41 Å². The summed E-state index contributed by atoms with van der Waals surface area (Å²) in [6.07, 6.45) is 3.53. The van der Waals surface area contributed by atoms with E-state index in [1.54, 1.807) is 16.8 Å². The van der Waals surface area contributed by atoms with Gasteiger partial charge >= 0.3 is 0 Å². The average Bonchev–Trinajstić information content (AvgIpc) is 3.27. The zero-order valence-electron chi connectivity index (χ0n) is 17.0. The van der Waals surface area contributed by atoms with Crippen molar-refractivity contribution in [3.63, 3.8) is 0 Å². The van der Waals surface area contributed by atoms with Crippen LogP contribution in [0.1, 0.15) is 40.0 Å². The number of para-hydroxylation sites is 1. The van der Waals surface area contributed by atoms with Gasteiger partial charge in [0.1, 0.15) is 17.1 Å². The SMILES string of the molecule is CC(C)(C)CC(=O)CCCOc1ccc2ncc(-c3cc4ccccc4o3)n2n1. The first-order chi connectivity index (χ1) is 13.9. The Kier molecular flexibility index (Phi) is 5.09. The molecule has 4 rings (SSSR count). The minimum absolute atomic E-state index is 0.0268. The summed E-state index contributed by atoms with van der Waals surface area (Å²) in [5.41, 5.74) is 2.33. The van der Waals surface area contributed by atoms with Gasteiger partial charge in [-0.2, -0.15) is 0 Å². The monoisotopic (exact) mass is 391 g/mol. The highest BCUT2D eigenvalue weighted by Crippen LogP contribution is 2.28. The summed E-state index contributed by atoms with van der Waals surface area (Å²) in [5, 5.41) is 5.58. The molecule has 1 aromatic carbocycles. The van der Waals surface area contributed by atoms with Crippen molar-refractivity contribution in [2.45, 2.75) is 40.0 Å². The largest absolute Gasteiger partial charge is 0.477 e. The molecule has 0 fully saturated rings. The third kappa shape index (κ3) is 4.47. The molecule has 0 radical (unpaired) electrons. The Bertz CT molecular complexity index is 1120. The number of fused-ring (bicyclic) bond motifs is 2. The first-order valence-electron chi connectivity index (χ1n) is 9.87. The first kappa shape index (κ1) is 19.2. The van der Waals surface area contributed by atoms with Gasteiger partial charge in [-0.15, -0.1) is 5.10 Å². The molecule has 29 heavy (non-hydrogen) atoms. The summed E-state index contributed by atoms with van der Waals surface area (Å²) in [4.78, 5) is 16.4. The fourth-order valence-corrected chi connectivity index (χ4v) is 3.34. The van der Waals surface area contributed by atoms with E-state index >= 15 is 0 Å². The molecule has 0 bridgehead atoms. The number of ketones is 1. The van der Waals surface area contributed by atoms with Crippen LogP contribution < -0.4 is 4.74 Å². The number of furan rings is 1. The van der Waals surface area contributed by atoms with Gasteiger partial charge in [0.05, 0.1) is 12.8 Å². The van der Waals surface area contributed by atoms with Crippen molar-refractivity contribution >= 4 is 22.4 Å². The zero-order valence-corrected chi connectivity index (χ0v) is 17.0. The van der Waals surface area contributed by atoms with E-state index < -0.39 is 0 Å². The number of nitrogens with zero attached hydrogens (tertiary/aromatic N) is 3. The average molecular weight is 391 g/mol. The molecule has 4 aromatic rings. The lowest BCUT2D eigenvalue weighted by molar-refractivity contribution is -0.120. The van der Waals surface area contributed by atoms with E-state index in [-0.39, 0.29) is 11.2 Å². The molecule has 0 spiro atoms. The quantitative estimate of drug-likeness (QED) is 0.400. The molecular formula is C23H25N3O3. The van der Waals surface area contributed by atoms with Crippen molar-refractivity contribution in [2.75, 3.05) is 6.61 Å². The Balaban J connectivity index is 1.45. The molecule has 0 saturated heterocycles. The number of carbonyl (C=O) groups is 1. The second-order valence-corrected chi connectivity index (χ2v) is 8.46. The molecule has 3 heterocycles. The highest BCUT2D eigenvalue weighted by molar-refractivity contribution is 5.82. The predicted molar refractivity (Wildman–Crippen MR) is 112 cm³/mol. The number of carbonyl (C=O) groups excluding carboxylic acids is 1. The molecule has 6 heteroatoms. The standard InChI is InChI=1S/C23H25N3O3/c1-23(2,3)14-17(27)8-6-12-28-22-11-10-21-24-15-18(26(21)25-22)20-13-16-7-4-5-9-19(16)29-20/h4-5,7,9-11,13,15H,6,8,12,14H2,1-3H3. The van der Waals surface area contributed by atoms with Crippen LogP contribution in [-0.4, -0.2) is 27.0 Å². The molecule has 6 nitrogen and oxygen atoms in total. The minimum atomic E-state index is 0.0268. The molecule has 3 aromatic heterocycles. The Morgan fingerprint density at radius 1 is 1.17 bits per heavy atom. The van der Waals surface area contributed by atoms with E-state index in [0.717, 1.165) is 16.7 Å². The Morgan fingerprint density at radius 2 is 2.00 bits per heavy atom. The lowest BCUT2D eigenvalue weighted by atomic mass is 9.89. The van der Waals surface area contributed by atoms with Crippen LogP contribution >= 0.6 is 0 Å². The van der Waals surface area contributed by atoms with Crippen molar-refractivity contribution in [3.05, 3.63) is 48.7 Å². The van der Waals surface area contributed by atoms with Crippen LogP contribution in [0.5, 0.6) is 5.88 Å². The van der Waals surface area contributed by atoms with Gasteiger partial charge in [0, 0.05) is 24.3 Å². The van der Waals surface area contributed by atoms with E-state index in [1.807, 2.05) is 36.4 Å². The van der Waals surface area contributed by atoms with Crippen molar-refractivity contribution in [1.29, 1.82) is 0 Å². The van der Waals surface area contributed by atoms with Gasteiger partial charge in [0.2, 0.25) is 5.88 Å². The second kappa shape index (κ2) is 7.70. The fourth-order valence-electron chi connectivity index (χ4n) is 3.34. The van der Waals surface area contributed by atoms with Crippen LogP contribution in [-0.2, 0) is 4.79 Å². The predicted octanol–water partition coefficient (Wildman–Crippen LogP) is 5.31. The van der Waals surface area contributed by atoms with E-state index in [9.17, 15) is 4.79 Å². The number of benzene rings is 1. The number of rotatable bonds is 7. The maximum atomic E-state index is 12.0. The van der Waals surface area contributed by atoms with Crippen LogP contribution in [0.15, 0.2) is 53.1 Å². The lowest BCUT2D eigenvalue weighted by Crippen LogP contribution is -2.13. The normalized spacial score (nSPS) is 12.0. The summed E-state index contributed by atoms with van der Waals surface area (Å²) in [5.74, 6) is 1.47. The number of imidazole rings is 1. The van der Waals surface area contributed by atoms with Crippen LogP contribution in [0.4, 0.5) is 0 Å². The van der Waals surface area contributed by atoms with E-state index in [2.05, 4.69) is 30.9 Å². The number of hydrogen-bond donors (Lipinski definition) is 0. The van der Waals surface area contributed by atoms with Crippen molar-refractivity contribution in [3.8, 4) is 17.3 Å². The first-order valence-corrected chi connectivity index (χ1v) is 9.87. The summed E-state index contributed by atoms with van der Waals surface area (Å²) in [6, 6.07) is 13.5. The zero-order chi connectivity index (χ0) is 20.4. The van der Waals surface area contributed by atoms with Crippen molar-refractivity contribution < 1.29 is 13.9 Å². The van der Waals surface area contributed by atoms with Gasteiger partial charge in [-0.1, -0.05) is 39.0 Å². The maximum absolute atomic E-state index is 12.0. The topological polar surface area (TPSA) is 69.6 Å². The second-order valence-electron chi connectivity index (χ2n) is 8.46. The van der Waals surface area contributed by atoms with E-state index in [4.69, 9.17) is 9.15 Å². The Labute approximate surface area is 169 Å². The summed E-state index contributed by atoms with van der Waals surface area (Å²) < 4.78 is 13.4. The van der Waals surface area contributed by atoms with Crippen LogP contribution in [0.25, 0.3) is 28.1 Å². The fraction of sp³-hybridized carbons (Fsp3) is 0.348. The van der Waals surface area contributed by atoms with Gasteiger partial charge in [-0.3, -0.25) is 4.79 Å². The molecular weight excluding hydrogens is 366 g/mol. The number of Topliss-reactive ketones (excluding diaryl/α,β-unsaturated/α-hetero) is 1. The van der Waals surface area contributed by atoms with Gasteiger partial charge in [0.15, 0.2) is 11.4 Å². The van der Waals surface area contributed by atoms with Crippen molar-refractivity contribution in [1.82, 2.24) is 14.6 Å². The third-order valence-corrected chi connectivity index (χ3v) is 4.59. The Morgan fingerprint density at radius 3 is 2.79 bits per heavy atom. The van der Waals surface area contributed by atoms with Crippen LogP contribution in [0.3, 0.4) is 0 Å². The van der Waals surface area contributed by atoms with Gasteiger partial charge in [-0.05, 0) is 30.0 Å². The molecule has 0 unspecified atom stereocenters. The highest BCUT2D eigenvalue weighted by Gasteiger charge is 2.16.